The summed E-state index contributed by atoms with van der Waals surface area (Å²) in [7, 11) is 0. The molecule has 1 saturated heterocycles. The molecular weight excluding hydrogens is 295 g/mol. The van der Waals surface area contributed by atoms with Crippen molar-refractivity contribution >= 4 is 29.1 Å². The Bertz CT molecular complexity index is 550. The number of hydrogen-bond acceptors (Lipinski definition) is 2. The van der Waals surface area contributed by atoms with Crippen LogP contribution in [0.25, 0.3) is 0 Å². The molecule has 0 radical (unpaired) electrons. The average molecular weight is 313 g/mol. The molecule has 21 heavy (non-hydrogen) atoms. The molecule has 0 spiro atoms. The summed E-state index contributed by atoms with van der Waals surface area (Å²) in [6, 6.07) is 4.01. The Balaban J connectivity index is 1.95. The summed E-state index contributed by atoms with van der Waals surface area (Å²) in [4.78, 5) is 25.7. The molecule has 1 aromatic carbocycles. The normalized spacial score (nSPS) is 18.1. The van der Waals surface area contributed by atoms with Crippen molar-refractivity contribution in [3.05, 3.63) is 29.0 Å². The highest BCUT2D eigenvalue weighted by Crippen LogP contribution is 2.23. The van der Waals surface area contributed by atoms with E-state index in [2.05, 4.69) is 12.2 Å². The lowest BCUT2D eigenvalue weighted by Gasteiger charge is -2.16. The van der Waals surface area contributed by atoms with Gasteiger partial charge < -0.3 is 10.2 Å². The fourth-order valence-electron chi connectivity index (χ4n) is 2.33. The van der Waals surface area contributed by atoms with Gasteiger partial charge >= 0.3 is 0 Å². The SMILES string of the molecule is CCCCN1CC(C(=O)Nc2ccc(F)c(Cl)c2)CC1=O. The van der Waals surface area contributed by atoms with Gasteiger partial charge in [-0.3, -0.25) is 9.59 Å². The Morgan fingerprint density at radius 1 is 1.52 bits per heavy atom. The largest absolute Gasteiger partial charge is 0.342 e. The Morgan fingerprint density at radius 3 is 2.95 bits per heavy atom. The molecule has 0 aliphatic carbocycles. The number of unbranched alkanes of at least 4 members (excludes halogenated alkanes) is 1. The highest BCUT2D eigenvalue weighted by atomic mass is 35.5. The van der Waals surface area contributed by atoms with Crippen LogP contribution in [-0.4, -0.2) is 29.8 Å². The Hall–Kier alpha value is -1.62. The third kappa shape index (κ3) is 3.94. The van der Waals surface area contributed by atoms with E-state index in [9.17, 15) is 14.0 Å². The molecule has 0 aromatic heterocycles. The molecule has 1 atom stereocenters. The predicted octanol–water partition coefficient (Wildman–Crippen LogP) is 3.07. The van der Waals surface area contributed by atoms with Gasteiger partial charge in [0.2, 0.25) is 11.8 Å². The monoisotopic (exact) mass is 312 g/mol. The number of rotatable bonds is 5. The van der Waals surface area contributed by atoms with E-state index in [4.69, 9.17) is 11.6 Å². The molecule has 0 bridgehead atoms. The quantitative estimate of drug-likeness (QED) is 0.908. The van der Waals surface area contributed by atoms with Crippen LogP contribution >= 0.6 is 11.6 Å². The van der Waals surface area contributed by atoms with Crippen LogP contribution in [0.2, 0.25) is 5.02 Å². The number of anilines is 1. The van der Waals surface area contributed by atoms with E-state index in [-0.39, 0.29) is 29.2 Å². The molecule has 2 amide bonds. The van der Waals surface area contributed by atoms with E-state index < -0.39 is 5.82 Å². The summed E-state index contributed by atoms with van der Waals surface area (Å²) in [5.41, 5.74) is 0.436. The van der Waals surface area contributed by atoms with Crippen LogP contribution < -0.4 is 5.32 Å². The number of carbonyl (C=O) groups is 2. The second-order valence-corrected chi connectivity index (χ2v) is 5.62. The topological polar surface area (TPSA) is 49.4 Å². The molecule has 2 rings (SSSR count). The number of carbonyl (C=O) groups excluding carboxylic acids is 2. The summed E-state index contributed by atoms with van der Waals surface area (Å²) in [5.74, 6) is -1.11. The minimum atomic E-state index is -0.531. The Morgan fingerprint density at radius 2 is 2.29 bits per heavy atom. The smallest absolute Gasteiger partial charge is 0.229 e. The zero-order valence-corrected chi connectivity index (χ0v) is 12.6. The standard InChI is InChI=1S/C15H18ClFN2O2/c1-2-3-6-19-9-10(7-14(19)20)15(21)18-11-4-5-13(17)12(16)8-11/h4-5,8,10H,2-3,6-7,9H2,1H3,(H,18,21). The van der Waals surface area contributed by atoms with Crippen LogP contribution in [0.5, 0.6) is 0 Å². The highest BCUT2D eigenvalue weighted by molar-refractivity contribution is 6.31. The van der Waals surface area contributed by atoms with Crippen molar-refractivity contribution < 1.29 is 14.0 Å². The molecule has 1 fully saturated rings. The summed E-state index contributed by atoms with van der Waals surface area (Å²) >= 11 is 5.67. The van der Waals surface area contributed by atoms with Gasteiger partial charge in [0, 0.05) is 25.2 Å². The van der Waals surface area contributed by atoms with Gasteiger partial charge in [-0.2, -0.15) is 0 Å². The van der Waals surface area contributed by atoms with Crippen molar-refractivity contribution in [1.29, 1.82) is 0 Å². The van der Waals surface area contributed by atoms with E-state index in [0.717, 1.165) is 12.8 Å². The Kier molecular flexibility index (Phi) is 5.17. The third-order valence-electron chi connectivity index (χ3n) is 3.55. The second kappa shape index (κ2) is 6.89. The first-order valence-corrected chi connectivity index (χ1v) is 7.42. The average Bonchev–Trinajstić information content (AvgIpc) is 2.82. The lowest BCUT2D eigenvalue weighted by atomic mass is 10.1. The molecule has 1 aliphatic heterocycles. The first-order chi connectivity index (χ1) is 10.0. The predicted molar refractivity (Wildman–Crippen MR) is 79.6 cm³/mol. The van der Waals surface area contributed by atoms with E-state index in [1.54, 1.807) is 4.90 Å². The fourth-order valence-corrected chi connectivity index (χ4v) is 2.51. The number of amides is 2. The first-order valence-electron chi connectivity index (χ1n) is 7.05. The van der Waals surface area contributed by atoms with Crippen molar-refractivity contribution in [3.63, 3.8) is 0 Å². The minimum absolute atomic E-state index is 0.0146. The van der Waals surface area contributed by atoms with Crippen molar-refractivity contribution in [3.8, 4) is 0 Å². The van der Waals surface area contributed by atoms with Crippen molar-refractivity contribution in [2.45, 2.75) is 26.2 Å². The summed E-state index contributed by atoms with van der Waals surface area (Å²) < 4.78 is 13.1. The maximum atomic E-state index is 13.1. The van der Waals surface area contributed by atoms with Gasteiger partial charge in [-0.05, 0) is 24.6 Å². The number of nitrogens with zero attached hydrogens (tertiary/aromatic N) is 1. The van der Waals surface area contributed by atoms with Crippen molar-refractivity contribution in [1.82, 2.24) is 4.90 Å². The molecule has 1 unspecified atom stereocenters. The van der Waals surface area contributed by atoms with Gasteiger partial charge in [0.25, 0.3) is 0 Å². The molecule has 1 aliphatic rings. The van der Waals surface area contributed by atoms with E-state index in [1.807, 2.05) is 0 Å². The van der Waals surface area contributed by atoms with Gasteiger partial charge in [0.05, 0.1) is 10.9 Å². The number of benzene rings is 1. The highest BCUT2D eigenvalue weighted by Gasteiger charge is 2.33. The second-order valence-electron chi connectivity index (χ2n) is 5.21. The lowest BCUT2D eigenvalue weighted by Crippen LogP contribution is -2.29. The lowest BCUT2D eigenvalue weighted by molar-refractivity contribution is -0.128. The Labute approximate surface area is 128 Å². The molecular formula is C15H18ClFN2O2. The molecule has 1 heterocycles. The summed E-state index contributed by atoms with van der Waals surface area (Å²) in [6.45, 7) is 3.20. The van der Waals surface area contributed by atoms with E-state index in [0.29, 0.717) is 18.8 Å². The van der Waals surface area contributed by atoms with Crippen LogP contribution in [0, 0.1) is 11.7 Å². The fraction of sp³-hybridized carbons (Fsp3) is 0.467. The molecule has 0 saturated carbocycles. The number of halogens is 2. The summed E-state index contributed by atoms with van der Waals surface area (Å²) in [6.07, 6.45) is 2.17. The molecule has 1 aromatic rings. The van der Waals surface area contributed by atoms with Gasteiger partial charge in [-0.25, -0.2) is 4.39 Å². The van der Waals surface area contributed by atoms with Gasteiger partial charge in [-0.15, -0.1) is 0 Å². The number of likely N-dealkylation sites (tertiary alicyclic amines) is 1. The van der Waals surface area contributed by atoms with Crippen LogP contribution in [-0.2, 0) is 9.59 Å². The van der Waals surface area contributed by atoms with Crippen molar-refractivity contribution in [2.75, 3.05) is 18.4 Å². The first kappa shape index (κ1) is 15.8. The molecule has 4 nitrogen and oxygen atoms in total. The minimum Gasteiger partial charge on any atom is -0.342 e. The maximum absolute atomic E-state index is 13.1. The maximum Gasteiger partial charge on any atom is 0.229 e. The zero-order valence-electron chi connectivity index (χ0n) is 11.9. The van der Waals surface area contributed by atoms with Gasteiger partial charge in [-0.1, -0.05) is 24.9 Å². The molecule has 1 N–H and O–H groups in total. The van der Waals surface area contributed by atoms with Crippen molar-refractivity contribution in [2.24, 2.45) is 5.92 Å². The zero-order chi connectivity index (χ0) is 15.4. The van der Waals surface area contributed by atoms with Crippen LogP contribution in [0.3, 0.4) is 0 Å². The number of hydrogen-bond donors (Lipinski definition) is 1. The van der Waals surface area contributed by atoms with Gasteiger partial charge in [0.15, 0.2) is 0 Å². The number of nitrogens with one attached hydrogen (secondary N) is 1. The van der Waals surface area contributed by atoms with Crippen LogP contribution in [0.1, 0.15) is 26.2 Å². The van der Waals surface area contributed by atoms with Crippen LogP contribution in [0.4, 0.5) is 10.1 Å². The summed E-state index contributed by atoms with van der Waals surface area (Å²) in [5, 5.41) is 2.64. The van der Waals surface area contributed by atoms with Crippen LogP contribution in [0.15, 0.2) is 18.2 Å². The van der Waals surface area contributed by atoms with E-state index in [1.165, 1.54) is 18.2 Å². The molecule has 114 valence electrons. The third-order valence-corrected chi connectivity index (χ3v) is 3.84. The van der Waals surface area contributed by atoms with Gasteiger partial charge in [0.1, 0.15) is 5.82 Å². The van der Waals surface area contributed by atoms with E-state index >= 15 is 0 Å². The molecule has 6 heteroatoms.